The van der Waals surface area contributed by atoms with Crippen LogP contribution in [0.1, 0.15) is 45.7 Å². The molecule has 2 bridgehead atoms. The molecule has 2 aliphatic carbocycles. The zero-order chi connectivity index (χ0) is 18.2. The van der Waals surface area contributed by atoms with Gasteiger partial charge in [-0.3, -0.25) is 9.59 Å². The van der Waals surface area contributed by atoms with Crippen molar-refractivity contribution in [2.75, 3.05) is 0 Å². The number of allylic oxidation sites excluding steroid dienone is 2. The first-order valence-electron chi connectivity index (χ1n) is 9.03. The molecule has 2 aliphatic rings. The van der Waals surface area contributed by atoms with Crippen LogP contribution < -0.4 is 5.32 Å². The van der Waals surface area contributed by atoms with E-state index in [-0.39, 0.29) is 41.6 Å². The third-order valence-electron chi connectivity index (χ3n) is 5.10. The van der Waals surface area contributed by atoms with Gasteiger partial charge < -0.3 is 10.1 Å². The smallest absolute Gasteiger partial charge is 0.310 e. The van der Waals surface area contributed by atoms with E-state index in [1.165, 1.54) is 0 Å². The Bertz CT molecular complexity index is 674. The van der Waals surface area contributed by atoms with Gasteiger partial charge in [-0.1, -0.05) is 42.5 Å². The van der Waals surface area contributed by atoms with Crippen LogP contribution in [-0.4, -0.2) is 17.5 Å². The number of benzene rings is 1. The van der Waals surface area contributed by atoms with Crippen LogP contribution in [0, 0.1) is 23.7 Å². The summed E-state index contributed by atoms with van der Waals surface area (Å²) in [5.74, 6) is -0.776. The molecule has 0 aromatic heterocycles. The van der Waals surface area contributed by atoms with Gasteiger partial charge in [0.05, 0.1) is 17.9 Å². The molecule has 1 fully saturated rings. The minimum atomic E-state index is -0.541. The third kappa shape index (κ3) is 3.78. The zero-order valence-corrected chi connectivity index (χ0v) is 15.4. The number of ether oxygens (including phenoxy) is 1. The molecule has 1 saturated carbocycles. The van der Waals surface area contributed by atoms with Crippen molar-refractivity contribution < 1.29 is 14.3 Å². The number of nitrogens with one attached hydrogen (secondary N) is 1. The molecule has 1 N–H and O–H groups in total. The molecule has 1 aromatic rings. The number of rotatable bonds is 4. The number of amides is 1. The summed E-state index contributed by atoms with van der Waals surface area (Å²) in [6.07, 6.45) is 5.02. The number of carbonyl (C=O) groups excluding carboxylic acids is 2. The van der Waals surface area contributed by atoms with E-state index < -0.39 is 5.60 Å². The molecule has 0 radical (unpaired) electrons. The van der Waals surface area contributed by atoms with E-state index >= 15 is 0 Å². The molecule has 4 heteroatoms. The average Bonchev–Trinajstić information content (AvgIpc) is 3.15. The van der Waals surface area contributed by atoms with Crippen molar-refractivity contribution in [3.05, 3.63) is 48.0 Å². The van der Waals surface area contributed by atoms with Crippen LogP contribution in [0.5, 0.6) is 0 Å². The van der Waals surface area contributed by atoms with Gasteiger partial charge in [0.15, 0.2) is 0 Å². The molecule has 0 heterocycles. The Kier molecular flexibility index (Phi) is 4.72. The fourth-order valence-electron chi connectivity index (χ4n) is 4.01. The largest absolute Gasteiger partial charge is 0.460 e. The van der Waals surface area contributed by atoms with Crippen LogP contribution in [0.25, 0.3) is 0 Å². The van der Waals surface area contributed by atoms with Gasteiger partial charge in [-0.2, -0.15) is 0 Å². The summed E-state index contributed by atoms with van der Waals surface area (Å²) in [5, 5.41) is 3.09. The Labute approximate surface area is 149 Å². The van der Waals surface area contributed by atoms with E-state index in [2.05, 4.69) is 17.5 Å². The van der Waals surface area contributed by atoms with Crippen LogP contribution in [0.2, 0.25) is 0 Å². The van der Waals surface area contributed by atoms with Gasteiger partial charge in [0.25, 0.3) is 0 Å². The standard InChI is InChI=1S/C21H27NO3/c1-13(14-8-6-5-7-9-14)22-19(23)17-15-10-11-16(12-15)18(17)20(24)25-21(2,3)4/h5-11,13,15-18H,12H2,1-4H3,(H,22,23)/t13-,15?,16?,17-,18-/m0/s1. The molecule has 3 rings (SSSR count). The van der Waals surface area contributed by atoms with Crippen LogP contribution in [0.4, 0.5) is 0 Å². The monoisotopic (exact) mass is 341 g/mol. The van der Waals surface area contributed by atoms with Crippen molar-refractivity contribution in [1.29, 1.82) is 0 Å². The summed E-state index contributed by atoms with van der Waals surface area (Å²) in [7, 11) is 0. The lowest BCUT2D eigenvalue weighted by Crippen LogP contribution is -2.43. The van der Waals surface area contributed by atoms with Crippen LogP contribution in [0.15, 0.2) is 42.5 Å². The van der Waals surface area contributed by atoms with E-state index in [9.17, 15) is 9.59 Å². The van der Waals surface area contributed by atoms with Crippen molar-refractivity contribution in [2.45, 2.75) is 45.8 Å². The Morgan fingerprint density at radius 3 is 2.28 bits per heavy atom. The Morgan fingerprint density at radius 2 is 1.68 bits per heavy atom. The quantitative estimate of drug-likeness (QED) is 0.672. The summed E-state index contributed by atoms with van der Waals surface area (Å²) in [5.41, 5.74) is 0.518. The van der Waals surface area contributed by atoms with Crippen LogP contribution >= 0.6 is 0 Å². The van der Waals surface area contributed by atoms with Gasteiger partial charge in [-0.25, -0.2) is 0 Å². The van der Waals surface area contributed by atoms with Crippen molar-refractivity contribution in [3.8, 4) is 0 Å². The number of esters is 1. The molecule has 0 saturated heterocycles. The zero-order valence-electron chi connectivity index (χ0n) is 15.4. The van der Waals surface area contributed by atoms with E-state index in [1.807, 2.05) is 58.0 Å². The van der Waals surface area contributed by atoms with Crippen molar-refractivity contribution in [2.24, 2.45) is 23.7 Å². The maximum atomic E-state index is 12.9. The van der Waals surface area contributed by atoms with Crippen molar-refractivity contribution in [1.82, 2.24) is 5.32 Å². The number of hydrogen-bond acceptors (Lipinski definition) is 3. The predicted octanol–water partition coefficient (Wildman–Crippen LogP) is 3.64. The van der Waals surface area contributed by atoms with Crippen LogP contribution in [-0.2, 0) is 14.3 Å². The first kappa shape index (κ1) is 17.7. The second-order valence-corrected chi connectivity index (χ2v) is 8.17. The summed E-state index contributed by atoms with van der Waals surface area (Å²) in [4.78, 5) is 25.6. The van der Waals surface area contributed by atoms with Gasteiger partial charge in [0.1, 0.15) is 5.60 Å². The lowest BCUT2D eigenvalue weighted by atomic mass is 9.82. The Morgan fingerprint density at radius 1 is 1.08 bits per heavy atom. The minimum Gasteiger partial charge on any atom is -0.460 e. The van der Waals surface area contributed by atoms with Gasteiger partial charge in [-0.15, -0.1) is 0 Å². The van der Waals surface area contributed by atoms with E-state index in [4.69, 9.17) is 4.74 Å². The minimum absolute atomic E-state index is 0.0518. The summed E-state index contributed by atoms with van der Waals surface area (Å²) in [6, 6.07) is 9.78. The van der Waals surface area contributed by atoms with Crippen molar-refractivity contribution >= 4 is 11.9 Å². The van der Waals surface area contributed by atoms with Crippen LogP contribution in [0.3, 0.4) is 0 Å². The van der Waals surface area contributed by atoms with E-state index in [0.717, 1.165) is 12.0 Å². The number of hydrogen-bond donors (Lipinski definition) is 1. The first-order valence-corrected chi connectivity index (χ1v) is 9.03. The lowest BCUT2D eigenvalue weighted by molar-refractivity contribution is -0.164. The SMILES string of the molecule is C[C@H](NC(=O)[C@H]1C2C=CC(C2)[C@@H]1C(=O)OC(C)(C)C)c1ccccc1. The molecule has 1 amide bonds. The van der Waals surface area contributed by atoms with E-state index in [1.54, 1.807) is 0 Å². The highest BCUT2D eigenvalue weighted by Crippen LogP contribution is 2.49. The second kappa shape index (κ2) is 6.66. The lowest BCUT2D eigenvalue weighted by Gasteiger charge is -2.30. The summed E-state index contributed by atoms with van der Waals surface area (Å²) >= 11 is 0. The van der Waals surface area contributed by atoms with Crippen molar-refractivity contribution in [3.63, 3.8) is 0 Å². The van der Waals surface area contributed by atoms with Gasteiger partial charge in [0, 0.05) is 0 Å². The highest BCUT2D eigenvalue weighted by molar-refractivity contribution is 5.87. The molecular formula is C21H27NO3. The molecule has 134 valence electrons. The molecule has 1 aromatic carbocycles. The highest BCUT2D eigenvalue weighted by atomic mass is 16.6. The maximum absolute atomic E-state index is 12.9. The third-order valence-corrected chi connectivity index (χ3v) is 5.10. The maximum Gasteiger partial charge on any atom is 0.310 e. The summed E-state index contributed by atoms with van der Waals surface area (Å²) < 4.78 is 5.59. The fraction of sp³-hybridized carbons (Fsp3) is 0.524. The molecular weight excluding hydrogens is 314 g/mol. The number of fused-ring (bicyclic) bond motifs is 2. The Hall–Kier alpha value is -2.10. The molecule has 25 heavy (non-hydrogen) atoms. The Balaban J connectivity index is 1.74. The van der Waals surface area contributed by atoms with Gasteiger partial charge in [-0.05, 0) is 51.5 Å². The topological polar surface area (TPSA) is 55.4 Å². The molecule has 4 nitrogen and oxygen atoms in total. The first-order chi connectivity index (χ1) is 11.8. The van der Waals surface area contributed by atoms with E-state index in [0.29, 0.717) is 0 Å². The molecule has 5 atom stereocenters. The molecule has 2 unspecified atom stereocenters. The highest BCUT2D eigenvalue weighted by Gasteiger charge is 2.52. The predicted molar refractivity (Wildman–Crippen MR) is 96.6 cm³/mol. The molecule has 0 spiro atoms. The second-order valence-electron chi connectivity index (χ2n) is 8.17. The number of carbonyl (C=O) groups is 2. The average molecular weight is 341 g/mol. The molecule has 0 aliphatic heterocycles. The van der Waals surface area contributed by atoms with Gasteiger partial charge >= 0.3 is 5.97 Å². The fourth-order valence-corrected chi connectivity index (χ4v) is 4.01. The van der Waals surface area contributed by atoms with Gasteiger partial charge in [0.2, 0.25) is 5.91 Å². The normalized spacial score (nSPS) is 28.6. The summed E-state index contributed by atoms with van der Waals surface area (Å²) in [6.45, 7) is 7.56.